The maximum absolute atomic E-state index is 6.17. The Hall–Kier alpha value is -8.02. The Kier molecular flexibility index (Phi) is 8.41. The van der Waals surface area contributed by atoms with Crippen molar-refractivity contribution in [2.24, 2.45) is 0 Å². The summed E-state index contributed by atoms with van der Waals surface area (Å²) in [6.07, 6.45) is 3.76. The molecule has 0 atom stereocenters. The Morgan fingerprint density at radius 2 is 0.746 bits per heavy atom. The van der Waals surface area contributed by atoms with Crippen LogP contribution in [-0.4, -0.2) is 9.97 Å². The van der Waals surface area contributed by atoms with Crippen molar-refractivity contribution in [2.45, 2.75) is 0 Å². The molecular weight excluding hydrogens is 721 g/mol. The third kappa shape index (κ3) is 6.22. The van der Waals surface area contributed by atoms with Crippen molar-refractivity contribution in [1.82, 2.24) is 9.97 Å². The van der Waals surface area contributed by atoms with Crippen molar-refractivity contribution in [2.75, 3.05) is 9.80 Å². The normalized spacial score (nSPS) is 11.4. The van der Waals surface area contributed by atoms with Crippen LogP contribution in [0.25, 0.3) is 66.0 Å². The lowest BCUT2D eigenvalue weighted by Crippen LogP contribution is -2.11. The van der Waals surface area contributed by atoms with E-state index in [0.717, 1.165) is 72.5 Å². The van der Waals surface area contributed by atoms with E-state index in [2.05, 4.69) is 198 Å². The Labute approximate surface area is 341 Å². The summed E-state index contributed by atoms with van der Waals surface area (Å²) in [6, 6.07) is 72.9. The SMILES string of the molecule is c1ccc(-c2cnc3oc4ncc(N(c5ccc(-c6ccc(N(c7ccccc7)c7cccc8ccccc78)cc6)cc5)c5cccc6ccccc56)cc4c3c2)cc1. The van der Waals surface area contributed by atoms with Crippen LogP contribution in [0.5, 0.6) is 0 Å². The first-order valence-electron chi connectivity index (χ1n) is 19.8. The number of benzene rings is 8. The number of nitrogens with zero attached hydrogens (tertiary/aromatic N) is 4. The van der Waals surface area contributed by atoms with E-state index in [9.17, 15) is 0 Å². The van der Waals surface area contributed by atoms with Crippen LogP contribution in [0.15, 0.2) is 223 Å². The van der Waals surface area contributed by atoms with Gasteiger partial charge in [0.15, 0.2) is 0 Å². The number of para-hydroxylation sites is 1. The molecule has 59 heavy (non-hydrogen) atoms. The second-order valence-electron chi connectivity index (χ2n) is 14.7. The van der Waals surface area contributed by atoms with Gasteiger partial charge >= 0.3 is 0 Å². The smallest absolute Gasteiger partial charge is 0.229 e. The number of rotatable bonds is 8. The molecule has 0 aliphatic rings. The predicted octanol–water partition coefficient (Wildman–Crippen LogP) is 15.0. The van der Waals surface area contributed by atoms with E-state index < -0.39 is 0 Å². The van der Waals surface area contributed by atoms with Crippen LogP contribution in [0.3, 0.4) is 0 Å². The Bertz CT molecular complexity index is 3260. The highest BCUT2D eigenvalue weighted by Crippen LogP contribution is 2.43. The van der Waals surface area contributed by atoms with Crippen molar-refractivity contribution >= 4 is 77.9 Å². The van der Waals surface area contributed by atoms with Crippen LogP contribution in [0, 0.1) is 0 Å². The highest BCUT2D eigenvalue weighted by molar-refractivity contribution is 6.06. The average molecular weight is 757 g/mol. The number of aromatic nitrogens is 2. The first-order valence-corrected chi connectivity index (χ1v) is 19.8. The zero-order valence-electron chi connectivity index (χ0n) is 32.0. The number of anilines is 6. The lowest BCUT2D eigenvalue weighted by atomic mass is 10.0. The number of pyridine rings is 2. The fourth-order valence-electron chi connectivity index (χ4n) is 8.29. The summed E-state index contributed by atoms with van der Waals surface area (Å²) in [4.78, 5) is 14.2. The molecule has 3 aromatic heterocycles. The minimum absolute atomic E-state index is 0.560. The highest BCUT2D eigenvalue weighted by atomic mass is 16.3. The Balaban J connectivity index is 0.988. The first-order chi connectivity index (χ1) is 29.2. The van der Waals surface area contributed by atoms with E-state index in [4.69, 9.17) is 14.4 Å². The summed E-state index contributed by atoms with van der Waals surface area (Å²) in [5.41, 5.74) is 11.9. The number of hydrogen-bond donors (Lipinski definition) is 0. The molecule has 0 unspecified atom stereocenters. The van der Waals surface area contributed by atoms with Gasteiger partial charge in [-0.2, -0.15) is 0 Å². The van der Waals surface area contributed by atoms with Gasteiger partial charge in [-0.15, -0.1) is 0 Å². The molecule has 0 spiro atoms. The number of furan rings is 1. The standard InChI is InChI=1S/C54H36N4O/c1-3-13-37(14-4-1)42-33-49-50-34-46(36-56-54(50)59-53(49)55-35-42)58(52-24-12-18-41-16-8-10-22-48(41)52)45-31-27-39(28-32-45)38-25-29-44(30-26-38)57(43-19-5-2-6-20-43)51-23-11-17-40-15-7-9-21-47(40)51/h1-36H. The van der Waals surface area contributed by atoms with E-state index >= 15 is 0 Å². The molecule has 0 aliphatic heterocycles. The fourth-order valence-corrected chi connectivity index (χ4v) is 8.29. The summed E-state index contributed by atoms with van der Waals surface area (Å²) in [6.45, 7) is 0. The summed E-state index contributed by atoms with van der Waals surface area (Å²) in [7, 11) is 0. The molecule has 0 N–H and O–H groups in total. The molecule has 5 nitrogen and oxygen atoms in total. The van der Waals surface area contributed by atoms with E-state index in [1.54, 1.807) is 0 Å². The molecular formula is C54H36N4O. The molecule has 8 aromatic carbocycles. The van der Waals surface area contributed by atoms with Gasteiger partial charge in [-0.25, -0.2) is 9.97 Å². The van der Waals surface area contributed by atoms with Gasteiger partial charge in [0, 0.05) is 39.6 Å². The highest BCUT2D eigenvalue weighted by Gasteiger charge is 2.20. The maximum atomic E-state index is 6.17. The molecule has 0 radical (unpaired) electrons. The minimum Gasteiger partial charge on any atom is -0.419 e. The van der Waals surface area contributed by atoms with Gasteiger partial charge in [-0.1, -0.05) is 146 Å². The Morgan fingerprint density at radius 1 is 0.305 bits per heavy atom. The van der Waals surface area contributed by atoms with Gasteiger partial charge < -0.3 is 14.2 Å². The largest absolute Gasteiger partial charge is 0.419 e. The van der Waals surface area contributed by atoms with Crippen molar-refractivity contribution in [3.05, 3.63) is 219 Å². The van der Waals surface area contributed by atoms with Crippen LogP contribution >= 0.6 is 0 Å². The maximum Gasteiger partial charge on any atom is 0.229 e. The summed E-state index contributed by atoms with van der Waals surface area (Å²) >= 11 is 0. The molecule has 0 fully saturated rings. The molecule has 0 saturated carbocycles. The van der Waals surface area contributed by atoms with Crippen molar-refractivity contribution < 1.29 is 4.42 Å². The van der Waals surface area contributed by atoms with Crippen LogP contribution in [0.1, 0.15) is 0 Å². The fraction of sp³-hybridized carbons (Fsp3) is 0. The summed E-state index contributed by atoms with van der Waals surface area (Å²) in [5.74, 6) is 0. The quantitative estimate of drug-likeness (QED) is 0.154. The van der Waals surface area contributed by atoms with Gasteiger partial charge in [0.2, 0.25) is 11.4 Å². The topological polar surface area (TPSA) is 45.4 Å². The number of fused-ring (bicyclic) bond motifs is 5. The van der Waals surface area contributed by atoms with Gasteiger partial charge in [-0.3, -0.25) is 0 Å². The number of hydrogen-bond acceptors (Lipinski definition) is 5. The molecule has 11 aromatic rings. The van der Waals surface area contributed by atoms with Crippen molar-refractivity contribution in [1.29, 1.82) is 0 Å². The van der Waals surface area contributed by atoms with E-state index in [1.165, 1.54) is 16.2 Å². The average Bonchev–Trinajstić information content (AvgIpc) is 3.68. The van der Waals surface area contributed by atoms with Gasteiger partial charge in [0.25, 0.3) is 0 Å². The molecule has 0 aliphatic carbocycles. The second-order valence-corrected chi connectivity index (χ2v) is 14.7. The molecule has 0 bridgehead atoms. The predicted molar refractivity (Wildman–Crippen MR) is 245 cm³/mol. The molecule has 3 heterocycles. The van der Waals surface area contributed by atoms with E-state index in [0.29, 0.717) is 11.4 Å². The molecule has 278 valence electrons. The molecule has 0 amide bonds. The Morgan fingerprint density at radius 3 is 1.34 bits per heavy atom. The zero-order chi connectivity index (χ0) is 39.1. The van der Waals surface area contributed by atoms with Crippen LogP contribution in [0.2, 0.25) is 0 Å². The third-order valence-electron chi connectivity index (χ3n) is 11.2. The third-order valence-corrected chi connectivity index (χ3v) is 11.2. The summed E-state index contributed by atoms with van der Waals surface area (Å²) in [5, 5.41) is 6.58. The van der Waals surface area contributed by atoms with E-state index in [-0.39, 0.29) is 0 Å². The molecule has 5 heteroatoms. The summed E-state index contributed by atoms with van der Waals surface area (Å²) < 4.78 is 6.17. The molecule has 11 rings (SSSR count). The van der Waals surface area contributed by atoms with Gasteiger partial charge in [0.1, 0.15) is 0 Å². The van der Waals surface area contributed by atoms with Gasteiger partial charge in [0.05, 0.1) is 34.0 Å². The first kappa shape index (κ1) is 34.2. The second kappa shape index (κ2) is 14.5. The monoisotopic (exact) mass is 756 g/mol. The van der Waals surface area contributed by atoms with Crippen molar-refractivity contribution in [3.8, 4) is 22.3 Å². The van der Waals surface area contributed by atoms with Gasteiger partial charge in [-0.05, 0) is 88.1 Å². The van der Waals surface area contributed by atoms with Crippen LogP contribution in [0.4, 0.5) is 34.1 Å². The minimum atomic E-state index is 0.560. The lowest BCUT2D eigenvalue weighted by Gasteiger charge is -2.27. The lowest BCUT2D eigenvalue weighted by molar-refractivity contribution is 0.640. The van der Waals surface area contributed by atoms with Crippen LogP contribution < -0.4 is 9.80 Å². The van der Waals surface area contributed by atoms with E-state index in [1.807, 2.05) is 30.6 Å². The van der Waals surface area contributed by atoms with Crippen LogP contribution in [-0.2, 0) is 0 Å². The zero-order valence-corrected chi connectivity index (χ0v) is 32.0. The molecule has 0 saturated heterocycles. The van der Waals surface area contributed by atoms with Crippen molar-refractivity contribution in [3.63, 3.8) is 0 Å².